The molecule has 1 aromatic rings. The predicted molar refractivity (Wildman–Crippen MR) is 92.0 cm³/mol. The molecule has 0 bridgehead atoms. The van der Waals surface area contributed by atoms with Crippen LogP contribution in [0.1, 0.15) is 24.0 Å². The first kappa shape index (κ1) is 17.2. The molecule has 2 fully saturated rings. The third-order valence-electron chi connectivity index (χ3n) is 4.69. The Morgan fingerprint density at radius 3 is 2.60 bits per heavy atom. The normalized spacial score (nSPS) is 20.2. The highest BCUT2D eigenvalue weighted by atomic mass is 16.5. The fourth-order valence-corrected chi connectivity index (χ4v) is 3.13. The molecule has 2 saturated heterocycles. The van der Waals surface area contributed by atoms with E-state index in [0.717, 1.165) is 18.4 Å². The lowest BCUT2D eigenvalue weighted by molar-refractivity contribution is -0.142. The van der Waals surface area contributed by atoms with E-state index in [-0.39, 0.29) is 18.0 Å². The summed E-state index contributed by atoms with van der Waals surface area (Å²) in [4.78, 5) is 28.3. The van der Waals surface area contributed by atoms with Crippen molar-refractivity contribution < 1.29 is 14.3 Å². The van der Waals surface area contributed by atoms with Gasteiger partial charge in [0.05, 0.1) is 11.6 Å². The van der Waals surface area contributed by atoms with Crippen LogP contribution in [0.4, 0.5) is 10.5 Å². The lowest BCUT2D eigenvalue weighted by atomic mass is 10.1. The quantitative estimate of drug-likeness (QED) is 0.887. The summed E-state index contributed by atoms with van der Waals surface area (Å²) in [5.74, 6) is 0.0372. The number of nitrogens with one attached hydrogen (secondary N) is 1. The van der Waals surface area contributed by atoms with E-state index in [9.17, 15) is 9.59 Å². The van der Waals surface area contributed by atoms with Crippen LogP contribution in [0.3, 0.4) is 0 Å². The summed E-state index contributed by atoms with van der Waals surface area (Å²) in [6.07, 6.45) is 1.41. The van der Waals surface area contributed by atoms with Crippen molar-refractivity contribution in [1.82, 2.24) is 9.80 Å². The van der Waals surface area contributed by atoms with E-state index in [4.69, 9.17) is 10.00 Å². The molecule has 3 amide bonds. The van der Waals surface area contributed by atoms with E-state index in [2.05, 4.69) is 11.4 Å². The zero-order valence-corrected chi connectivity index (χ0v) is 14.3. The number of nitriles is 1. The first-order chi connectivity index (χ1) is 12.1. The molecule has 132 valence electrons. The second kappa shape index (κ2) is 7.53. The van der Waals surface area contributed by atoms with Gasteiger partial charge in [0.15, 0.2) is 0 Å². The van der Waals surface area contributed by atoms with Crippen molar-refractivity contribution in [3.05, 3.63) is 29.3 Å². The second-order valence-corrected chi connectivity index (χ2v) is 6.39. The third kappa shape index (κ3) is 3.91. The molecule has 0 saturated carbocycles. The molecule has 0 radical (unpaired) electrons. The zero-order chi connectivity index (χ0) is 17.8. The number of carbonyl (C=O) groups excluding carboxylic acids is 2. The number of urea groups is 1. The maximum atomic E-state index is 12.5. The average molecular weight is 342 g/mol. The van der Waals surface area contributed by atoms with Crippen LogP contribution in [0.5, 0.6) is 0 Å². The number of benzene rings is 1. The molecule has 0 aromatic heterocycles. The number of hydrogen-bond acceptors (Lipinski definition) is 4. The molecule has 2 heterocycles. The van der Waals surface area contributed by atoms with Gasteiger partial charge in [-0.05, 0) is 37.5 Å². The number of aryl methyl sites for hydroxylation is 1. The van der Waals surface area contributed by atoms with Crippen LogP contribution in [0.15, 0.2) is 18.2 Å². The number of amides is 3. The van der Waals surface area contributed by atoms with Crippen LogP contribution >= 0.6 is 0 Å². The molecule has 2 aliphatic rings. The number of hydrogen-bond donors (Lipinski definition) is 1. The average Bonchev–Trinajstić information content (AvgIpc) is 3.17. The van der Waals surface area contributed by atoms with Gasteiger partial charge in [-0.2, -0.15) is 5.26 Å². The molecular formula is C18H22N4O3. The number of piperazine rings is 1. The Labute approximate surface area is 147 Å². The number of anilines is 1. The maximum Gasteiger partial charge on any atom is 0.321 e. The molecule has 0 aliphatic carbocycles. The molecule has 7 heteroatoms. The van der Waals surface area contributed by atoms with E-state index < -0.39 is 0 Å². The highest BCUT2D eigenvalue weighted by Gasteiger charge is 2.31. The lowest BCUT2D eigenvalue weighted by Gasteiger charge is -2.35. The van der Waals surface area contributed by atoms with Crippen molar-refractivity contribution in [2.75, 3.05) is 38.1 Å². The van der Waals surface area contributed by atoms with Crippen molar-refractivity contribution >= 4 is 17.6 Å². The minimum absolute atomic E-state index is 0.0372. The molecule has 25 heavy (non-hydrogen) atoms. The van der Waals surface area contributed by atoms with E-state index in [1.165, 1.54) is 0 Å². The van der Waals surface area contributed by atoms with Crippen LogP contribution in [0, 0.1) is 18.3 Å². The summed E-state index contributed by atoms with van der Waals surface area (Å²) in [7, 11) is 0. The maximum absolute atomic E-state index is 12.5. The van der Waals surface area contributed by atoms with Gasteiger partial charge in [0.25, 0.3) is 5.91 Å². The summed E-state index contributed by atoms with van der Waals surface area (Å²) in [6.45, 7) is 4.55. The Bertz CT molecular complexity index is 699. The topological polar surface area (TPSA) is 85.7 Å². The van der Waals surface area contributed by atoms with Crippen LogP contribution in [0.2, 0.25) is 0 Å². The SMILES string of the molecule is Cc1ccc(C#N)cc1NC(=O)N1CCN(C(=O)[C@H]2CCCO2)CC1. The molecule has 7 nitrogen and oxygen atoms in total. The molecule has 0 unspecified atom stereocenters. The van der Waals surface area contributed by atoms with E-state index >= 15 is 0 Å². The van der Waals surface area contributed by atoms with Crippen LogP contribution in [0.25, 0.3) is 0 Å². The molecule has 0 spiro atoms. The van der Waals surface area contributed by atoms with Gasteiger partial charge in [-0.25, -0.2) is 4.79 Å². The van der Waals surface area contributed by atoms with Crippen molar-refractivity contribution in [2.45, 2.75) is 25.9 Å². The van der Waals surface area contributed by atoms with Gasteiger partial charge in [-0.15, -0.1) is 0 Å². The number of ether oxygens (including phenoxy) is 1. The predicted octanol–water partition coefficient (Wildman–Crippen LogP) is 1.72. The van der Waals surface area contributed by atoms with Crippen molar-refractivity contribution in [3.63, 3.8) is 0 Å². The standard InChI is InChI=1S/C18H22N4O3/c1-13-4-5-14(12-19)11-15(13)20-18(24)22-8-6-21(7-9-22)17(23)16-3-2-10-25-16/h4-5,11,16H,2-3,6-10H2,1H3,(H,20,24)/t16-/m1/s1. The molecule has 2 aliphatic heterocycles. The Balaban J connectivity index is 1.55. The van der Waals surface area contributed by atoms with Gasteiger partial charge in [0.2, 0.25) is 0 Å². The van der Waals surface area contributed by atoms with Gasteiger partial charge in [-0.1, -0.05) is 6.07 Å². The highest BCUT2D eigenvalue weighted by Crippen LogP contribution is 2.19. The number of nitrogens with zero attached hydrogens (tertiary/aromatic N) is 3. The smallest absolute Gasteiger partial charge is 0.321 e. The van der Waals surface area contributed by atoms with Gasteiger partial charge >= 0.3 is 6.03 Å². The summed E-state index contributed by atoms with van der Waals surface area (Å²) in [5.41, 5.74) is 2.05. The summed E-state index contributed by atoms with van der Waals surface area (Å²) < 4.78 is 5.45. The summed E-state index contributed by atoms with van der Waals surface area (Å²) in [6, 6.07) is 7.07. The Morgan fingerprint density at radius 1 is 1.24 bits per heavy atom. The third-order valence-corrected chi connectivity index (χ3v) is 4.69. The van der Waals surface area contributed by atoms with Crippen LogP contribution < -0.4 is 5.32 Å². The molecule has 1 N–H and O–H groups in total. The Hall–Kier alpha value is -2.59. The van der Waals surface area contributed by atoms with Gasteiger partial charge in [0.1, 0.15) is 6.10 Å². The second-order valence-electron chi connectivity index (χ2n) is 6.39. The van der Waals surface area contributed by atoms with Crippen molar-refractivity contribution in [1.29, 1.82) is 5.26 Å². The van der Waals surface area contributed by atoms with Gasteiger partial charge < -0.3 is 19.9 Å². The van der Waals surface area contributed by atoms with Crippen molar-refractivity contribution in [3.8, 4) is 6.07 Å². The molecular weight excluding hydrogens is 320 g/mol. The van der Waals surface area contributed by atoms with Crippen LogP contribution in [-0.2, 0) is 9.53 Å². The van der Waals surface area contributed by atoms with Gasteiger partial charge in [0, 0.05) is 38.5 Å². The van der Waals surface area contributed by atoms with E-state index in [0.29, 0.717) is 44.0 Å². The highest BCUT2D eigenvalue weighted by molar-refractivity contribution is 5.90. The van der Waals surface area contributed by atoms with E-state index in [1.807, 2.05) is 13.0 Å². The fourth-order valence-electron chi connectivity index (χ4n) is 3.13. The largest absolute Gasteiger partial charge is 0.368 e. The minimum Gasteiger partial charge on any atom is -0.368 e. The molecule has 1 atom stereocenters. The Morgan fingerprint density at radius 2 is 1.96 bits per heavy atom. The first-order valence-corrected chi connectivity index (χ1v) is 8.55. The molecule has 3 rings (SSSR count). The van der Waals surface area contributed by atoms with E-state index in [1.54, 1.807) is 21.9 Å². The summed E-state index contributed by atoms with van der Waals surface area (Å²) in [5, 5.41) is 11.8. The first-order valence-electron chi connectivity index (χ1n) is 8.55. The molecule has 1 aromatic carbocycles. The zero-order valence-electron chi connectivity index (χ0n) is 14.3. The van der Waals surface area contributed by atoms with Gasteiger partial charge in [-0.3, -0.25) is 4.79 Å². The lowest BCUT2D eigenvalue weighted by Crippen LogP contribution is -2.53. The van der Waals surface area contributed by atoms with Crippen LogP contribution in [-0.4, -0.2) is 60.6 Å². The monoisotopic (exact) mass is 342 g/mol. The minimum atomic E-state index is -0.309. The summed E-state index contributed by atoms with van der Waals surface area (Å²) >= 11 is 0. The fraction of sp³-hybridized carbons (Fsp3) is 0.500. The van der Waals surface area contributed by atoms with Crippen molar-refractivity contribution in [2.24, 2.45) is 0 Å². The number of rotatable bonds is 2. The Kier molecular flexibility index (Phi) is 5.19. The number of carbonyl (C=O) groups is 2.